The fourth-order valence-electron chi connectivity index (χ4n) is 2.07. The number of anilines is 2. The minimum Gasteiger partial charge on any atom is -0.307 e. The topological polar surface area (TPSA) is 73.4 Å². The van der Waals surface area contributed by atoms with E-state index in [1.54, 1.807) is 24.4 Å². The van der Waals surface area contributed by atoms with Gasteiger partial charge in [0, 0.05) is 30.3 Å². The maximum atomic E-state index is 12.0. The molecule has 0 fully saturated rings. The summed E-state index contributed by atoms with van der Waals surface area (Å²) in [6.45, 7) is 2.91. The van der Waals surface area contributed by atoms with E-state index in [0.29, 0.717) is 11.4 Å². The SMILES string of the molecule is CC1=NN(c2ccc(C(=O)Nc3ccn[nH]3)cc2)CC1. The van der Waals surface area contributed by atoms with Crippen LogP contribution in [0.15, 0.2) is 41.6 Å². The molecule has 0 radical (unpaired) electrons. The first-order valence-electron chi connectivity index (χ1n) is 6.45. The number of carbonyl (C=O) groups is 1. The van der Waals surface area contributed by atoms with Crippen LogP contribution in [0.3, 0.4) is 0 Å². The lowest BCUT2D eigenvalue weighted by Gasteiger charge is -2.13. The lowest BCUT2D eigenvalue weighted by Crippen LogP contribution is -2.14. The van der Waals surface area contributed by atoms with E-state index >= 15 is 0 Å². The molecule has 0 bridgehead atoms. The summed E-state index contributed by atoms with van der Waals surface area (Å²) in [5.41, 5.74) is 2.73. The number of hydrazone groups is 1. The Balaban J connectivity index is 1.71. The highest BCUT2D eigenvalue weighted by atomic mass is 16.1. The van der Waals surface area contributed by atoms with E-state index in [1.165, 1.54) is 0 Å². The fraction of sp³-hybridized carbons (Fsp3) is 0.214. The third kappa shape index (κ3) is 2.54. The molecule has 2 heterocycles. The van der Waals surface area contributed by atoms with E-state index in [9.17, 15) is 4.79 Å². The van der Waals surface area contributed by atoms with E-state index < -0.39 is 0 Å². The molecule has 0 atom stereocenters. The van der Waals surface area contributed by atoms with Crippen LogP contribution in [-0.2, 0) is 0 Å². The average Bonchev–Trinajstić information content (AvgIpc) is 3.10. The van der Waals surface area contributed by atoms with Crippen LogP contribution in [0.5, 0.6) is 0 Å². The number of carbonyl (C=O) groups excluding carboxylic acids is 1. The molecular weight excluding hydrogens is 254 g/mol. The molecule has 2 aromatic rings. The minimum atomic E-state index is -0.165. The molecule has 0 saturated carbocycles. The first-order valence-corrected chi connectivity index (χ1v) is 6.45. The van der Waals surface area contributed by atoms with Crippen LogP contribution in [0.4, 0.5) is 11.5 Å². The predicted octanol–water partition coefficient (Wildman–Crippen LogP) is 2.25. The summed E-state index contributed by atoms with van der Waals surface area (Å²) in [6, 6.07) is 9.11. The number of benzene rings is 1. The summed E-state index contributed by atoms with van der Waals surface area (Å²) >= 11 is 0. The van der Waals surface area contributed by atoms with Gasteiger partial charge in [-0.25, -0.2) is 0 Å². The second-order valence-corrected chi connectivity index (χ2v) is 4.68. The van der Waals surface area contributed by atoms with E-state index in [2.05, 4.69) is 20.6 Å². The molecule has 1 amide bonds. The van der Waals surface area contributed by atoms with Crippen LogP contribution >= 0.6 is 0 Å². The second-order valence-electron chi connectivity index (χ2n) is 4.68. The zero-order valence-corrected chi connectivity index (χ0v) is 11.1. The van der Waals surface area contributed by atoms with Crippen molar-refractivity contribution in [2.75, 3.05) is 16.9 Å². The van der Waals surface area contributed by atoms with Gasteiger partial charge in [-0.1, -0.05) is 0 Å². The van der Waals surface area contributed by atoms with Crippen molar-refractivity contribution < 1.29 is 4.79 Å². The van der Waals surface area contributed by atoms with Gasteiger partial charge in [0.05, 0.1) is 11.9 Å². The molecule has 1 aliphatic heterocycles. The Labute approximate surface area is 116 Å². The molecule has 102 valence electrons. The van der Waals surface area contributed by atoms with Gasteiger partial charge in [-0.2, -0.15) is 10.2 Å². The normalized spacial score (nSPS) is 14.2. The summed E-state index contributed by atoms with van der Waals surface area (Å²) in [4.78, 5) is 12.0. The van der Waals surface area contributed by atoms with Crippen molar-refractivity contribution in [3.05, 3.63) is 42.1 Å². The molecule has 2 N–H and O–H groups in total. The number of H-pyrrole nitrogens is 1. The van der Waals surface area contributed by atoms with Gasteiger partial charge in [0.25, 0.3) is 5.91 Å². The number of hydrogen-bond donors (Lipinski definition) is 2. The standard InChI is InChI=1S/C14H15N5O/c1-10-7-9-19(18-10)12-4-2-11(3-5-12)14(20)16-13-6-8-15-17-13/h2-6,8H,7,9H2,1H3,(H2,15,16,17,20). The number of amides is 1. The fourth-order valence-corrected chi connectivity index (χ4v) is 2.07. The van der Waals surface area contributed by atoms with Gasteiger partial charge in [0.1, 0.15) is 5.82 Å². The molecule has 1 aliphatic rings. The summed E-state index contributed by atoms with van der Waals surface area (Å²) < 4.78 is 0. The van der Waals surface area contributed by atoms with E-state index in [1.807, 2.05) is 24.1 Å². The Morgan fingerprint density at radius 1 is 1.30 bits per heavy atom. The van der Waals surface area contributed by atoms with Crippen molar-refractivity contribution in [2.45, 2.75) is 13.3 Å². The minimum absolute atomic E-state index is 0.165. The van der Waals surface area contributed by atoms with Crippen molar-refractivity contribution in [3.63, 3.8) is 0 Å². The molecule has 1 aromatic carbocycles. The molecular formula is C14H15N5O. The second kappa shape index (κ2) is 5.16. The molecule has 0 unspecified atom stereocenters. The van der Waals surface area contributed by atoms with Crippen LogP contribution in [0, 0.1) is 0 Å². The van der Waals surface area contributed by atoms with E-state index in [-0.39, 0.29) is 5.91 Å². The molecule has 20 heavy (non-hydrogen) atoms. The summed E-state index contributed by atoms with van der Waals surface area (Å²) in [6.07, 6.45) is 2.58. The van der Waals surface area contributed by atoms with Crippen molar-refractivity contribution in [2.24, 2.45) is 5.10 Å². The van der Waals surface area contributed by atoms with Crippen LogP contribution in [0.1, 0.15) is 23.7 Å². The predicted molar refractivity (Wildman–Crippen MR) is 78.1 cm³/mol. The summed E-state index contributed by atoms with van der Waals surface area (Å²) in [7, 11) is 0. The largest absolute Gasteiger partial charge is 0.307 e. The lowest BCUT2D eigenvalue weighted by molar-refractivity contribution is 0.102. The van der Waals surface area contributed by atoms with Gasteiger partial charge in [-0.3, -0.25) is 14.9 Å². The van der Waals surface area contributed by atoms with Crippen LogP contribution < -0.4 is 10.3 Å². The van der Waals surface area contributed by atoms with Crippen LogP contribution in [0.2, 0.25) is 0 Å². The molecule has 1 aromatic heterocycles. The first-order chi connectivity index (χ1) is 9.72. The molecule has 0 aliphatic carbocycles. The number of rotatable bonds is 3. The Hall–Kier alpha value is -2.63. The number of hydrogen-bond acceptors (Lipinski definition) is 4. The summed E-state index contributed by atoms with van der Waals surface area (Å²) in [5, 5.41) is 15.6. The van der Waals surface area contributed by atoms with Crippen molar-refractivity contribution >= 4 is 23.1 Å². The lowest BCUT2D eigenvalue weighted by atomic mass is 10.2. The number of aromatic amines is 1. The maximum absolute atomic E-state index is 12.0. The zero-order chi connectivity index (χ0) is 13.9. The average molecular weight is 269 g/mol. The monoisotopic (exact) mass is 269 g/mol. The van der Waals surface area contributed by atoms with Crippen molar-refractivity contribution in [1.82, 2.24) is 10.2 Å². The third-order valence-electron chi connectivity index (χ3n) is 3.15. The number of aromatic nitrogens is 2. The van der Waals surface area contributed by atoms with E-state index in [0.717, 1.165) is 24.4 Å². The number of nitrogens with one attached hydrogen (secondary N) is 2. The van der Waals surface area contributed by atoms with Crippen molar-refractivity contribution in [3.8, 4) is 0 Å². The van der Waals surface area contributed by atoms with Gasteiger partial charge in [-0.15, -0.1) is 0 Å². The molecule has 6 nitrogen and oxygen atoms in total. The smallest absolute Gasteiger partial charge is 0.256 e. The van der Waals surface area contributed by atoms with Gasteiger partial charge in [0.2, 0.25) is 0 Å². The van der Waals surface area contributed by atoms with Crippen molar-refractivity contribution in [1.29, 1.82) is 0 Å². The Morgan fingerprint density at radius 3 is 2.70 bits per heavy atom. The molecule has 0 spiro atoms. The van der Waals surface area contributed by atoms with Crippen LogP contribution in [0.25, 0.3) is 0 Å². The van der Waals surface area contributed by atoms with E-state index in [4.69, 9.17) is 0 Å². The van der Waals surface area contributed by atoms with Gasteiger partial charge < -0.3 is 5.32 Å². The zero-order valence-electron chi connectivity index (χ0n) is 11.1. The maximum Gasteiger partial charge on any atom is 0.256 e. The Morgan fingerprint density at radius 2 is 2.10 bits per heavy atom. The molecule has 3 rings (SSSR count). The summed E-state index contributed by atoms with van der Waals surface area (Å²) in [5.74, 6) is 0.417. The van der Waals surface area contributed by atoms with Gasteiger partial charge in [-0.05, 0) is 31.2 Å². The van der Waals surface area contributed by atoms with Gasteiger partial charge >= 0.3 is 0 Å². The van der Waals surface area contributed by atoms with Crippen LogP contribution in [-0.4, -0.2) is 28.4 Å². The highest BCUT2D eigenvalue weighted by Gasteiger charge is 2.13. The Kier molecular flexibility index (Phi) is 3.20. The highest BCUT2D eigenvalue weighted by molar-refractivity contribution is 6.03. The third-order valence-corrected chi connectivity index (χ3v) is 3.15. The Bertz CT molecular complexity index is 630. The quantitative estimate of drug-likeness (QED) is 0.897. The first kappa shape index (κ1) is 12.4. The molecule has 0 saturated heterocycles. The molecule has 6 heteroatoms. The number of nitrogens with zero attached hydrogens (tertiary/aromatic N) is 3. The highest BCUT2D eigenvalue weighted by Crippen LogP contribution is 2.20. The van der Waals surface area contributed by atoms with Gasteiger partial charge in [0.15, 0.2) is 0 Å².